The minimum absolute atomic E-state index is 0.163. The van der Waals surface area contributed by atoms with E-state index >= 15 is 0 Å². The number of nitrogens with one attached hydrogen (secondary N) is 1. The summed E-state index contributed by atoms with van der Waals surface area (Å²) in [5.41, 5.74) is 0. The van der Waals surface area contributed by atoms with E-state index in [0.29, 0.717) is 6.42 Å². The van der Waals surface area contributed by atoms with Gasteiger partial charge < -0.3 is 5.32 Å². The van der Waals surface area contributed by atoms with Gasteiger partial charge >= 0.3 is 0 Å². The zero-order chi connectivity index (χ0) is 14.3. The molecule has 0 bridgehead atoms. The molecule has 1 amide bonds. The number of rotatable bonds is 13. The van der Waals surface area contributed by atoms with Gasteiger partial charge in [0.05, 0.1) is 4.95 Å². The normalized spacial score (nSPS) is 12.4. The summed E-state index contributed by atoms with van der Waals surface area (Å²) in [5, 5.41) is 2.98. The van der Waals surface area contributed by atoms with E-state index in [2.05, 4.69) is 28.2 Å². The van der Waals surface area contributed by atoms with Gasteiger partial charge in [-0.15, -0.1) is 0 Å². The van der Waals surface area contributed by atoms with Gasteiger partial charge in [0, 0.05) is 6.42 Å². The summed E-state index contributed by atoms with van der Waals surface area (Å²) in [6, 6.07) is 0. The van der Waals surface area contributed by atoms with Crippen LogP contribution in [0.4, 0.5) is 0 Å². The van der Waals surface area contributed by atoms with Crippen LogP contribution in [0.5, 0.6) is 0 Å². The minimum Gasteiger partial charge on any atom is -0.344 e. The molecule has 114 valence electrons. The van der Waals surface area contributed by atoms with Gasteiger partial charge in [-0.2, -0.15) is 0 Å². The maximum atomic E-state index is 11.4. The first kappa shape index (κ1) is 18.9. The van der Waals surface area contributed by atoms with Crippen LogP contribution in [-0.2, 0) is 4.79 Å². The van der Waals surface area contributed by atoms with Crippen LogP contribution in [0.2, 0.25) is 0 Å². The Balaban J connectivity index is 3.22. The van der Waals surface area contributed by atoms with Gasteiger partial charge in [0.2, 0.25) is 5.91 Å². The number of alkyl halides is 1. The van der Waals surface area contributed by atoms with Crippen LogP contribution in [-0.4, -0.2) is 10.9 Å². The van der Waals surface area contributed by atoms with Crippen molar-refractivity contribution in [3.63, 3.8) is 0 Å². The molecule has 0 aliphatic rings. The number of unbranched alkanes of at least 4 members (excludes halogenated alkanes) is 8. The van der Waals surface area contributed by atoms with Crippen molar-refractivity contribution in [2.24, 2.45) is 0 Å². The lowest BCUT2D eigenvalue weighted by Crippen LogP contribution is -2.29. The molecule has 0 spiro atoms. The van der Waals surface area contributed by atoms with E-state index in [9.17, 15) is 4.79 Å². The van der Waals surface area contributed by atoms with Crippen LogP contribution >= 0.6 is 15.9 Å². The highest BCUT2D eigenvalue weighted by Gasteiger charge is 2.06. The van der Waals surface area contributed by atoms with Crippen molar-refractivity contribution >= 4 is 21.8 Å². The maximum absolute atomic E-state index is 11.4. The Bertz CT molecular complexity index is 209. The highest BCUT2D eigenvalue weighted by Crippen LogP contribution is 2.13. The smallest absolute Gasteiger partial charge is 0.220 e. The molecular weight excluding hydrogens is 302 g/mol. The lowest BCUT2D eigenvalue weighted by molar-refractivity contribution is -0.121. The standard InChI is InChI=1S/C16H32BrNO/c1-3-5-6-7-8-9-10-11-12-14-15(17)18-16(19)13-4-2/h15H,3-14H2,1-2H3,(H,18,19). The Labute approximate surface area is 128 Å². The predicted octanol–water partition coefficient (Wildman–Crippen LogP) is 5.54. The fraction of sp³-hybridized carbons (Fsp3) is 0.938. The van der Waals surface area contributed by atoms with Gasteiger partial charge in [0.1, 0.15) is 0 Å². The number of hydrogen-bond donors (Lipinski definition) is 1. The lowest BCUT2D eigenvalue weighted by Gasteiger charge is -2.11. The third-order valence-corrected chi connectivity index (χ3v) is 4.04. The second kappa shape index (κ2) is 14.4. The van der Waals surface area contributed by atoms with Crippen LogP contribution < -0.4 is 5.32 Å². The average Bonchev–Trinajstić information content (AvgIpc) is 2.37. The molecule has 19 heavy (non-hydrogen) atoms. The first-order valence-electron chi connectivity index (χ1n) is 8.14. The van der Waals surface area contributed by atoms with E-state index in [1.165, 1.54) is 57.8 Å². The van der Waals surface area contributed by atoms with Gasteiger partial charge in [-0.1, -0.05) is 87.6 Å². The average molecular weight is 334 g/mol. The summed E-state index contributed by atoms with van der Waals surface area (Å²) in [5.74, 6) is 0.167. The minimum atomic E-state index is 0.163. The topological polar surface area (TPSA) is 29.1 Å². The molecule has 0 aliphatic carbocycles. The third-order valence-electron chi connectivity index (χ3n) is 3.36. The highest BCUT2D eigenvalue weighted by molar-refractivity contribution is 9.09. The SMILES string of the molecule is CCCCCCCCCCCC(Br)NC(=O)CCC. The summed E-state index contributed by atoms with van der Waals surface area (Å²) in [7, 11) is 0. The summed E-state index contributed by atoms with van der Waals surface area (Å²) >= 11 is 3.53. The second-order valence-corrected chi connectivity index (χ2v) is 6.51. The third kappa shape index (κ3) is 14.2. The first-order chi connectivity index (χ1) is 9.20. The molecule has 0 aromatic carbocycles. The zero-order valence-electron chi connectivity index (χ0n) is 12.8. The molecule has 0 aromatic rings. The van der Waals surface area contributed by atoms with E-state index in [4.69, 9.17) is 0 Å². The van der Waals surface area contributed by atoms with Crippen molar-refractivity contribution in [3.8, 4) is 0 Å². The van der Waals surface area contributed by atoms with Crippen LogP contribution in [0.1, 0.15) is 90.9 Å². The molecule has 0 rings (SSSR count). The van der Waals surface area contributed by atoms with Crippen LogP contribution in [0.15, 0.2) is 0 Å². The van der Waals surface area contributed by atoms with Crippen LogP contribution in [0.25, 0.3) is 0 Å². The number of hydrogen-bond acceptors (Lipinski definition) is 1. The lowest BCUT2D eigenvalue weighted by atomic mass is 10.1. The fourth-order valence-electron chi connectivity index (χ4n) is 2.18. The van der Waals surface area contributed by atoms with Gasteiger partial charge in [-0.25, -0.2) is 0 Å². The highest BCUT2D eigenvalue weighted by atomic mass is 79.9. The number of halogens is 1. The van der Waals surface area contributed by atoms with E-state index in [-0.39, 0.29) is 10.9 Å². The molecule has 0 aliphatic heterocycles. The van der Waals surface area contributed by atoms with Crippen LogP contribution in [0, 0.1) is 0 Å². The summed E-state index contributed by atoms with van der Waals surface area (Å²) < 4.78 is 0. The van der Waals surface area contributed by atoms with Crippen molar-refractivity contribution in [2.45, 2.75) is 95.8 Å². The summed E-state index contributed by atoms with van der Waals surface area (Å²) in [6.45, 7) is 4.29. The number of carbonyl (C=O) groups is 1. The molecular formula is C16H32BrNO. The van der Waals surface area contributed by atoms with Crippen molar-refractivity contribution in [1.82, 2.24) is 5.32 Å². The molecule has 1 atom stereocenters. The van der Waals surface area contributed by atoms with Crippen molar-refractivity contribution in [1.29, 1.82) is 0 Å². The molecule has 0 heterocycles. The molecule has 0 saturated heterocycles. The molecule has 0 aromatic heterocycles. The van der Waals surface area contributed by atoms with Gasteiger partial charge in [0.25, 0.3) is 0 Å². The maximum Gasteiger partial charge on any atom is 0.220 e. The molecule has 0 radical (unpaired) electrons. The first-order valence-corrected chi connectivity index (χ1v) is 9.05. The zero-order valence-corrected chi connectivity index (χ0v) is 14.4. The van der Waals surface area contributed by atoms with Crippen molar-refractivity contribution in [2.75, 3.05) is 0 Å². The summed E-state index contributed by atoms with van der Waals surface area (Å²) in [4.78, 5) is 11.5. The van der Waals surface area contributed by atoms with E-state index < -0.39 is 0 Å². The van der Waals surface area contributed by atoms with E-state index in [1.54, 1.807) is 0 Å². The van der Waals surface area contributed by atoms with Gasteiger partial charge in [-0.3, -0.25) is 4.79 Å². The molecule has 1 N–H and O–H groups in total. The molecule has 0 fully saturated rings. The summed E-state index contributed by atoms with van der Waals surface area (Å²) in [6.07, 6.45) is 14.7. The molecule has 2 nitrogen and oxygen atoms in total. The monoisotopic (exact) mass is 333 g/mol. The van der Waals surface area contributed by atoms with Gasteiger partial charge in [-0.05, 0) is 12.8 Å². The largest absolute Gasteiger partial charge is 0.344 e. The Morgan fingerprint density at radius 2 is 1.42 bits per heavy atom. The quantitative estimate of drug-likeness (QED) is 0.267. The Morgan fingerprint density at radius 1 is 0.895 bits per heavy atom. The second-order valence-electron chi connectivity index (χ2n) is 5.40. The Morgan fingerprint density at radius 3 is 1.95 bits per heavy atom. The fourth-order valence-corrected chi connectivity index (χ4v) is 2.76. The number of carbonyl (C=O) groups excluding carboxylic acids is 1. The van der Waals surface area contributed by atoms with Crippen molar-refractivity contribution in [3.05, 3.63) is 0 Å². The van der Waals surface area contributed by atoms with E-state index in [1.807, 2.05) is 6.92 Å². The molecule has 3 heteroatoms. The Kier molecular flexibility index (Phi) is 14.3. The van der Waals surface area contributed by atoms with Crippen LogP contribution in [0.3, 0.4) is 0 Å². The molecule has 1 unspecified atom stereocenters. The van der Waals surface area contributed by atoms with Crippen molar-refractivity contribution < 1.29 is 4.79 Å². The number of amides is 1. The van der Waals surface area contributed by atoms with E-state index in [0.717, 1.165) is 12.8 Å². The Hall–Kier alpha value is -0.0500. The van der Waals surface area contributed by atoms with Gasteiger partial charge in [0.15, 0.2) is 0 Å². The molecule has 0 saturated carbocycles. The predicted molar refractivity (Wildman–Crippen MR) is 87.6 cm³/mol.